The fourth-order valence-electron chi connectivity index (χ4n) is 3.52. The zero-order chi connectivity index (χ0) is 20.3. The minimum absolute atomic E-state index is 0.522. The summed E-state index contributed by atoms with van der Waals surface area (Å²) in [4.78, 5) is 0.711. The lowest BCUT2D eigenvalue weighted by Gasteiger charge is -2.26. The molecule has 0 saturated carbocycles. The monoisotopic (exact) mass is 417 g/mol. The van der Waals surface area contributed by atoms with Crippen molar-refractivity contribution in [3.05, 3.63) is 102 Å². The highest BCUT2D eigenvalue weighted by molar-refractivity contribution is 7.82. The van der Waals surface area contributed by atoms with E-state index in [9.17, 15) is 0 Å². The van der Waals surface area contributed by atoms with Gasteiger partial charge in [0.25, 0.3) is 0 Å². The van der Waals surface area contributed by atoms with Crippen molar-refractivity contribution in [1.82, 2.24) is 10.3 Å². The molecule has 5 heteroatoms. The predicted octanol–water partition coefficient (Wildman–Crippen LogP) is 5.23. The second-order valence-corrected chi connectivity index (χ2v) is 8.13. The number of hydrogen-bond donors (Lipinski definition) is 2. The van der Waals surface area contributed by atoms with Gasteiger partial charge in [0, 0.05) is 0 Å². The Morgan fingerprint density at radius 3 is 1.97 bits per heavy atom. The molecule has 146 valence electrons. The number of hydrazine groups is 1. The van der Waals surface area contributed by atoms with Crippen LogP contribution < -0.4 is 10.7 Å². The minimum Gasteiger partial charge on any atom is -0.345 e. The van der Waals surface area contributed by atoms with E-state index in [0.717, 1.165) is 24.1 Å². The highest BCUT2D eigenvalue weighted by Crippen LogP contribution is 2.30. The molecule has 0 spiro atoms. The largest absolute Gasteiger partial charge is 0.345 e. The van der Waals surface area contributed by atoms with Crippen molar-refractivity contribution in [2.45, 2.75) is 25.3 Å². The van der Waals surface area contributed by atoms with Crippen molar-refractivity contribution in [2.24, 2.45) is 0 Å². The molecule has 1 aliphatic rings. The fraction of sp³-hybridized carbons (Fsp3) is 0.167. The van der Waals surface area contributed by atoms with Gasteiger partial charge in [-0.15, -0.1) is 0 Å². The van der Waals surface area contributed by atoms with Crippen molar-refractivity contribution in [3.63, 3.8) is 0 Å². The second-order valence-electron chi connectivity index (χ2n) is 7.36. The maximum atomic E-state index is 5.79. The SMILES string of the molecule is C[C@]1(c2ccc(CCc3ccccc3)cc2)NC(=S)N(Nc2ccccc2)C1=S. The molecular weight excluding hydrogens is 394 g/mol. The first kappa shape index (κ1) is 19.6. The molecule has 3 aromatic carbocycles. The molecule has 1 heterocycles. The van der Waals surface area contributed by atoms with Crippen molar-refractivity contribution >= 4 is 40.2 Å². The van der Waals surface area contributed by atoms with E-state index in [-0.39, 0.29) is 0 Å². The van der Waals surface area contributed by atoms with Gasteiger partial charge in [-0.1, -0.05) is 85.0 Å². The van der Waals surface area contributed by atoms with Crippen LogP contribution in [-0.2, 0) is 18.4 Å². The third kappa shape index (κ3) is 4.16. The highest BCUT2D eigenvalue weighted by atomic mass is 32.1. The number of rotatable bonds is 6. The zero-order valence-electron chi connectivity index (χ0n) is 16.3. The van der Waals surface area contributed by atoms with E-state index < -0.39 is 5.54 Å². The molecule has 2 N–H and O–H groups in total. The Labute approximate surface area is 182 Å². The minimum atomic E-state index is -0.522. The molecule has 0 bridgehead atoms. The van der Waals surface area contributed by atoms with Gasteiger partial charge in [-0.2, -0.15) is 0 Å². The molecule has 3 aromatic rings. The lowest BCUT2D eigenvalue weighted by molar-refractivity contribution is 0.618. The normalized spacial score (nSPS) is 18.6. The molecule has 0 amide bonds. The third-order valence-electron chi connectivity index (χ3n) is 5.28. The number of nitrogens with zero attached hydrogens (tertiary/aromatic N) is 1. The van der Waals surface area contributed by atoms with Crippen LogP contribution in [0.3, 0.4) is 0 Å². The van der Waals surface area contributed by atoms with Crippen LogP contribution in [0.4, 0.5) is 5.69 Å². The quantitative estimate of drug-likeness (QED) is 0.536. The number of nitrogens with one attached hydrogen (secondary N) is 2. The van der Waals surface area contributed by atoms with E-state index >= 15 is 0 Å². The molecule has 3 nitrogen and oxygen atoms in total. The van der Waals surface area contributed by atoms with E-state index in [2.05, 4.69) is 72.3 Å². The first-order chi connectivity index (χ1) is 14.1. The van der Waals surface area contributed by atoms with Crippen LogP contribution in [-0.4, -0.2) is 15.1 Å². The van der Waals surface area contributed by atoms with Crippen LogP contribution in [0.15, 0.2) is 84.9 Å². The van der Waals surface area contributed by atoms with Gasteiger partial charge in [0.05, 0.1) is 5.69 Å². The summed E-state index contributed by atoms with van der Waals surface area (Å²) in [6, 6.07) is 29.1. The van der Waals surface area contributed by atoms with Gasteiger partial charge in [0.2, 0.25) is 0 Å². The Morgan fingerprint density at radius 2 is 1.34 bits per heavy atom. The van der Waals surface area contributed by atoms with Gasteiger partial charge < -0.3 is 5.32 Å². The number of thiocarbonyl (C=S) groups is 2. The van der Waals surface area contributed by atoms with E-state index in [0.29, 0.717) is 10.1 Å². The second kappa shape index (κ2) is 8.31. The summed E-state index contributed by atoms with van der Waals surface area (Å²) in [5.74, 6) is 0. The van der Waals surface area contributed by atoms with Gasteiger partial charge in [0.15, 0.2) is 5.11 Å². The number of para-hydroxylation sites is 1. The summed E-state index contributed by atoms with van der Waals surface area (Å²) in [6.45, 7) is 2.08. The van der Waals surface area contributed by atoms with Crippen LogP contribution in [0.2, 0.25) is 0 Å². The summed E-state index contributed by atoms with van der Waals surface area (Å²) in [5, 5.41) is 5.76. The van der Waals surface area contributed by atoms with E-state index in [4.69, 9.17) is 24.4 Å². The molecule has 1 atom stereocenters. The van der Waals surface area contributed by atoms with Crippen LogP contribution in [0.1, 0.15) is 23.6 Å². The standard InChI is InChI=1S/C24H23N3S2/c1-24(22(28)27(23(29)25-24)26-21-10-6-3-7-11-21)20-16-14-19(15-17-20)13-12-18-8-4-2-5-9-18/h2-11,14-17,26H,12-13H2,1H3,(H,25,29)/t24-/m1/s1. The lowest BCUT2D eigenvalue weighted by atomic mass is 9.91. The first-order valence-electron chi connectivity index (χ1n) is 9.68. The summed E-state index contributed by atoms with van der Waals surface area (Å²) in [6.07, 6.45) is 2.05. The average molecular weight is 418 g/mol. The molecule has 1 fully saturated rings. The van der Waals surface area contributed by atoms with Crippen LogP contribution >= 0.6 is 24.4 Å². The maximum Gasteiger partial charge on any atom is 0.194 e. The Morgan fingerprint density at radius 1 is 0.793 bits per heavy atom. The van der Waals surface area contributed by atoms with Crippen LogP contribution in [0.25, 0.3) is 0 Å². The topological polar surface area (TPSA) is 27.3 Å². The predicted molar refractivity (Wildman–Crippen MR) is 128 cm³/mol. The first-order valence-corrected chi connectivity index (χ1v) is 10.5. The lowest BCUT2D eigenvalue weighted by Crippen LogP contribution is -2.40. The molecule has 1 saturated heterocycles. The smallest absolute Gasteiger partial charge is 0.194 e. The highest BCUT2D eigenvalue weighted by Gasteiger charge is 2.44. The Hall–Kier alpha value is -2.76. The van der Waals surface area contributed by atoms with Crippen LogP contribution in [0.5, 0.6) is 0 Å². The average Bonchev–Trinajstić information content (AvgIpc) is 2.98. The number of hydrogen-bond acceptors (Lipinski definition) is 3. The van der Waals surface area contributed by atoms with Crippen molar-refractivity contribution in [1.29, 1.82) is 0 Å². The molecule has 0 aromatic heterocycles. The number of benzene rings is 3. The number of anilines is 1. The fourth-order valence-corrected chi connectivity index (χ4v) is 4.22. The van der Waals surface area contributed by atoms with Crippen molar-refractivity contribution in [3.8, 4) is 0 Å². The zero-order valence-corrected chi connectivity index (χ0v) is 17.9. The van der Waals surface area contributed by atoms with Gasteiger partial charge in [-0.25, -0.2) is 5.01 Å². The Balaban J connectivity index is 1.47. The molecule has 4 rings (SSSR count). The maximum absolute atomic E-state index is 5.79. The molecular formula is C24H23N3S2. The molecule has 0 unspecified atom stereocenters. The summed E-state index contributed by atoms with van der Waals surface area (Å²) in [7, 11) is 0. The summed E-state index contributed by atoms with van der Waals surface area (Å²) in [5.41, 5.74) is 7.50. The number of aryl methyl sites for hydroxylation is 2. The van der Waals surface area contributed by atoms with Crippen LogP contribution in [0, 0.1) is 0 Å². The van der Waals surface area contributed by atoms with Crippen molar-refractivity contribution < 1.29 is 0 Å². The summed E-state index contributed by atoms with van der Waals surface area (Å²) >= 11 is 11.3. The third-order valence-corrected chi connectivity index (χ3v) is 6.16. The Bertz CT molecular complexity index is 1000. The van der Waals surface area contributed by atoms with Gasteiger partial charge in [-0.3, -0.25) is 5.43 Å². The van der Waals surface area contributed by atoms with Crippen molar-refractivity contribution in [2.75, 3.05) is 5.43 Å². The van der Waals surface area contributed by atoms with E-state index in [1.54, 1.807) is 5.01 Å². The summed E-state index contributed by atoms with van der Waals surface area (Å²) < 4.78 is 0. The molecule has 0 radical (unpaired) electrons. The van der Waals surface area contributed by atoms with Gasteiger partial charge >= 0.3 is 0 Å². The van der Waals surface area contributed by atoms with Gasteiger partial charge in [0.1, 0.15) is 10.5 Å². The van der Waals surface area contributed by atoms with E-state index in [1.807, 2.05) is 30.3 Å². The van der Waals surface area contributed by atoms with Gasteiger partial charge in [-0.05, 0) is 60.8 Å². The molecule has 29 heavy (non-hydrogen) atoms. The molecule has 0 aliphatic carbocycles. The van der Waals surface area contributed by atoms with E-state index in [1.165, 1.54) is 11.1 Å². The molecule has 1 aliphatic heterocycles. The Kier molecular flexibility index (Phi) is 5.60.